The Morgan fingerprint density at radius 1 is 1.21 bits per heavy atom. The van der Waals surface area contributed by atoms with E-state index in [0.717, 1.165) is 17.9 Å². The summed E-state index contributed by atoms with van der Waals surface area (Å²) >= 11 is 0. The Hall–Kier alpha value is -0.900. The second kappa shape index (κ2) is 5.55. The SMILES string of the molecule is C[C@@H](O[C@H]1C[C@@H]2[C@H]3CC[C@@](C)([C@@H]2O1)C3(C)C)[C@@H](N)c1ccccc1. The fraction of sp³-hybridized carbons (Fsp3) is 0.714. The van der Waals surface area contributed by atoms with Crippen molar-refractivity contribution in [3.8, 4) is 0 Å². The molecule has 1 heterocycles. The molecule has 2 bridgehead atoms. The largest absolute Gasteiger partial charge is 0.349 e. The van der Waals surface area contributed by atoms with Crippen LogP contribution in [0.5, 0.6) is 0 Å². The van der Waals surface area contributed by atoms with Crippen LogP contribution in [0.15, 0.2) is 30.3 Å². The van der Waals surface area contributed by atoms with Gasteiger partial charge >= 0.3 is 0 Å². The van der Waals surface area contributed by atoms with Crippen LogP contribution in [0.3, 0.4) is 0 Å². The molecule has 0 unspecified atom stereocenters. The van der Waals surface area contributed by atoms with Gasteiger partial charge in [-0.05, 0) is 48.0 Å². The van der Waals surface area contributed by atoms with E-state index in [-0.39, 0.29) is 18.4 Å². The van der Waals surface area contributed by atoms with Crippen LogP contribution in [0.1, 0.15) is 58.6 Å². The standard InChI is InChI=1S/C21H31NO2/c1-13(18(22)14-8-6-5-7-9-14)23-17-12-15-16-10-11-21(4,19(15)24-17)20(16,2)3/h5-9,13,15-19H,10-12,22H2,1-4H3/t13-,15-,16-,17-,18-,19-,21+/m1/s1. The predicted molar refractivity (Wildman–Crippen MR) is 95.3 cm³/mol. The Bertz CT molecular complexity index is 601. The van der Waals surface area contributed by atoms with Gasteiger partial charge in [0, 0.05) is 6.42 Å². The highest BCUT2D eigenvalue weighted by Crippen LogP contribution is 2.71. The molecule has 3 heteroatoms. The smallest absolute Gasteiger partial charge is 0.158 e. The Morgan fingerprint density at radius 2 is 1.92 bits per heavy atom. The predicted octanol–water partition coefficient (Wildman–Crippen LogP) is 4.28. The van der Waals surface area contributed by atoms with Crippen molar-refractivity contribution in [3.63, 3.8) is 0 Å². The van der Waals surface area contributed by atoms with Crippen molar-refractivity contribution in [2.75, 3.05) is 0 Å². The minimum absolute atomic E-state index is 0.0466. The van der Waals surface area contributed by atoms with Gasteiger partial charge in [-0.2, -0.15) is 0 Å². The van der Waals surface area contributed by atoms with Gasteiger partial charge in [-0.25, -0.2) is 0 Å². The quantitative estimate of drug-likeness (QED) is 0.897. The third-order valence-electron chi connectivity index (χ3n) is 7.73. The van der Waals surface area contributed by atoms with Crippen LogP contribution in [-0.4, -0.2) is 18.5 Å². The van der Waals surface area contributed by atoms with Gasteiger partial charge in [0.15, 0.2) is 6.29 Å². The van der Waals surface area contributed by atoms with E-state index >= 15 is 0 Å². The Labute approximate surface area is 145 Å². The Morgan fingerprint density at radius 3 is 2.58 bits per heavy atom. The van der Waals surface area contributed by atoms with Gasteiger partial charge in [0.1, 0.15) is 0 Å². The van der Waals surface area contributed by atoms with Crippen molar-refractivity contribution >= 4 is 0 Å². The van der Waals surface area contributed by atoms with Crippen LogP contribution in [0.4, 0.5) is 0 Å². The molecule has 0 radical (unpaired) electrons. The lowest BCUT2D eigenvalue weighted by atomic mass is 9.70. The highest BCUT2D eigenvalue weighted by Gasteiger charge is 2.69. The molecule has 7 atom stereocenters. The zero-order chi connectivity index (χ0) is 17.1. The Kier molecular flexibility index (Phi) is 3.83. The summed E-state index contributed by atoms with van der Waals surface area (Å²) in [5, 5.41) is 0. The van der Waals surface area contributed by atoms with Crippen LogP contribution in [0.25, 0.3) is 0 Å². The highest BCUT2D eigenvalue weighted by atomic mass is 16.7. The summed E-state index contributed by atoms with van der Waals surface area (Å²) in [7, 11) is 0. The summed E-state index contributed by atoms with van der Waals surface area (Å²) < 4.78 is 12.7. The number of rotatable bonds is 4. The van der Waals surface area contributed by atoms with Crippen molar-refractivity contribution in [2.24, 2.45) is 28.4 Å². The fourth-order valence-electron chi connectivity index (χ4n) is 5.84. The molecule has 0 aromatic heterocycles. The first-order chi connectivity index (χ1) is 11.3. The highest BCUT2D eigenvalue weighted by molar-refractivity contribution is 5.20. The maximum Gasteiger partial charge on any atom is 0.158 e. The van der Waals surface area contributed by atoms with Crippen molar-refractivity contribution in [2.45, 2.75) is 71.5 Å². The molecule has 0 amide bonds. The zero-order valence-corrected chi connectivity index (χ0v) is 15.4. The van der Waals surface area contributed by atoms with Crippen LogP contribution in [-0.2, 0) is 9.47 Å². The first-order valence-electron chi connectivity index (χ1n) is 9.46. The van der Waals surface area contributed by atoms with Gasteiger partial charge < -0.3 is 15.2 Å². The summed E-state index contributed by atoms with van der Waals surface area (Å²) in [5.41, 5.74) is 8.19. The zero-order valence-electron chi connectivity index (χ0n) is 15.4. The first kappa shape index (κ1) is 16.6. The minimum atomic E-state index is -0.112. The molecule has 3 fully saturated rings. The van der Waals surface area contributed by atoms with E-state index in [9.17, 15) is 0 Å². The summed E-state index contributed by atoms with van der Waals surface area (Å²) in [6, 6.07) is 10.1. The maximum atomic E-state index is 6.44. The normalized spacial score (nSPS) is 42.0. The third kappa shape index (κ3) is 2.21. The summed E-state index contributed by atoms with van der Waals surface area (Å²) in [5.74, 6) is 1.43. The average Bonchev–Trinajstić information content (AvgIpc) is 3.12. The summed E-state index contributed by atoms with van der Waals surface area (Å²) in [4.78, 5) is 0. The number of nitrogens with two attached hydrogens (primary N) is 1. The number of hydrogen-bond donors (Lipinski definition) is 1. The lowest BCUT2D eigenvalue weighted by Gasteiger charge is -2.39. The number of benzene rings is 1. The van der Waals surface area contributed by atoms with Crippen molar-refractivity contribution in [1.29, 1.82) is 0 Å². The molecular formula is C21H31NO2. The van der Waals surface area contributed by atoms with Crippen LogP contribution < -0.4 is 5.73 Å². The molecule has 24 heavy (non-hydrogen) atoms. The van der Waals surface area contributed by atoms with Crippen molar-refractivity contribution in [3.05, 3.63) is 35.9 Å². The van der Waals surface area contributed by atoms with Crippen LogP contribution >= 0.6 is 0 Å². The van der Waals surface area contributed by atoms with E-state index in [1.807, 2.05) is 18.2 Å². The molecule has 3 nitrogen and oxygen atoms in total. The van der Waals surface area contributed by atoms with E-state index < -0.39 is 0 Å². The van der Waals surface area contributed by atoms with Crippen LogP contribution in [0, 0.1) is 22.7 Å². The summed E-state index contributed by atoms with van der Waals surface area (Å²) in [6.45, 7) is 9.38. The molecule has 2 saturated carbocycles. The minimum Gasteiger partial charge on any atom is -0.349 e. The van der Waals surface area contributed by atoms with Gasteiger partial charge in [0.2, 0.25) is 0 Å². The fourth-order valence-corrected chi connectivity index (χ4v) is 5.84. The van der Waals surface area contributed by atoms with E-state index in [1.54, 1.807) is 0 Å². The molecule has 1 saturated heterocycles. The van der Waals surface area contributed by atoms with Gasteiger partial charge in [-0.15, -0.1) is 0 Å². The van der Waals surface area contributed by atoms with E-state index in [2.05, 4.69) is 39.8 Å². The molecule has 1 aliphatic heterocycles. The van der Waals surface area contributed by atoms with E-state index in [4.69, 9.17) is 15.2 Å². The average molecular weight is 329 g/mol. The van der Waals surface area contributed by atoms with Crippen LogP contribution in [0.2, 0.25) is 0 Å². The monoisotopic (exact) mass is 329 g/mol. The van der Waals surface area contributed by atoms with Gasteiger partial charge in [-0.1, -0.05) is 51.1 Å². The maximum absolute atomic E-state index is 6.44. The number of hydrogen-bond acceptors (Lipinski definition) is 3. The third-order valence-corrected chi connectivity index (χ3v) is 7.73. The molecule has 0 spiro atoms. The first-order valence-corrected chi connectivity index (χ1v) is 9.46. The number of fused-ring (bicyclic) bond motifs is 5. The lowest BCUT2D eigenvalue weighted by molar-refractivity contribution is -0.186. The van der Waals surface area contributed by atoms with E-state index in [1.165, 1.54) is 12.8 Å². The molecular weight excluding hydrogens is 298 g/mol. The second-order valence-corrected chi connectivity index (χ2v) is 8.95. The van der Waals surface area contributed by atoms with Gasteiger partial charge in [0.25, 0.3) is 0 Å². The number of ether oxygens (including phenoxy) is 2. The Balaban J connectivity index is 1.42. The molecule has 2 N–H and O–H groups in total. The molecule has 3 aliphatic rings. The topological polar surface area (TPSA) is 44.5 Å². The van der Waals surface area contributed by atoms with Crippen molar-refractivity contribution < 1.29 is 9.47 Å². The molecule has 2 aliphatic carbocycles. The molecule has 1 aromatic carbocycles. The summed E-state index contributed by atoms with van der Waals surface area (Å²) in [6.07, 6.45) is 3.88. The molecule has 1 aromatic rings. The molecule has 132 valence electrons. The molecule has 4 rings (SSSR count). The second-order valence-electron chi connectivity index (χ2n) is 8.95. The van der Waals surface area contributed by atoms with Crippen molar-refractivity contribution in [1.82, 2.24) is 0 Å². The van der Waals surface area contributed by atoms with E-state index in [0.29, 0.717) is 22.9 Å². The van der Waals surface area contributed by atoms with Gasteiger partial charge in [-0.3, -0.25) is 0 Å². The van der Waals surface area contributed by atoms with Gasteiger partial charge in [0.05, 0.1) is 18.2 Å². The lowest BCUT2D eigenvalue weighted by Crippen LogP contribution is -2.38.